The first-order valence-corrected chi connectivity index (χ1v) is 6.61. The largest absolute Gasteiger partial charge is 0.463 e. The van der Waals surface area contributed by atoms with Crippen LogP contribution in [0.3, 0.4) is 0 Å². The number of carbonyl (C=O) groups is 2. The Morgan fingerprint density at radius 3 is 2.75 bits per heavy atom. The van der Waals surface area contributed by atoms with Crippen LogP contribution < -0.4 is 5.32 Å². The molecule has 1 amide bonds. The van der Waals surface area contributed by atoms with Crippen molar-refractivity contribution in [3.8, 4) is 0 Å². The Labute approximate surface area is 117 Å². The number of esters is 1. The van der Waals surface area contributed by atoms with E-state index in [1.807, 2.05) is 24.3 Å². The number of ether oxygens (including phenoxy) is 1. The van der Waals surface area contributed by atoms with E-state index in [9.17, 15) is 9.59 Å². The van der Waals surface area contributed by atoms with Gasteiger partial charge in [-0.25, -0.2) is 0 Å². The van der Waals surface area contributed by atoms with Crippen LogP contribution in [-0.2, 0) is 9.53 Å². The highest BCUT2D eigenvalue weighted by molar-refractivity contribution is 5.98. The molecule has 106 valence electrons. The lowest BCUT2D eigenvalue weighted by atomic mass is 10.2. The maximum Gasteiger partial charge on any atom is 0.307 e. The lowest BCUT2D eigenvalue weighted by molar-refractivity contribution is -0.147. The van der Waals surface area contributed by atoms with Gasteiger partial charge in [0.05, 0.1) is 12.5 Å². The van der Waals surface area contributed by atoms with Gasteiger partial charge in [0.25, 0.3) is 5.91 Å². The average molecular weight is 274 g/mol. The van der Waals surface area contributed by atoms with Gasteiger partial charge in [-0.1, -0.05) is 18.2 Å². The average Bonchev–Trinajstić information content (AvgIpc) is 2.81. The molecular weight excluding hydrogens is 256 g/mol. The minimum atomic E-state index is -0.308. The molecule has 0 unspecified atom stereocenters. The number of rotatable bonds is 5. The molecule has 0 saturated heterocycles. The Morgan fingerprint density at radius 1 is 1.30 bits per heavy atom. The molecule has 2 N–H and O–H groups in total. The van der Waals surface area contributed by atoms with Gasteiger partial charge in [-0.15, -0.1) is 0 Å². The number of amides is 1. The zero-order chi connectivity index (χ0) is 14.5. The number of benzene rings is 1. The summed E-state index contributed by atoms with van der Waals surface area (Å²) < 4.78 is 4.99. The number of H-pyrrole nitrogens is 1. The summed E-state index contributed by atoms with van der Waals surface area (Å²) in [5, 5.41) is 3.68. The minimum Gasteiger partial charge on any atom is -0.463 e. The van der Waals surface area contributed by atoms with Crippen molar-refractivity contribution in [3.63, 3.8) is 0 Å². The molecule has 0 saturated carbocycles. The number of aromatic amines is 1. The standard InChI is InChI=1S/C15H18N2O3/c1-10(2)20-14(18)7-8-16-15(19)13-9-11-5-3-4-6-12(11)17-13/h3-6,9-10,17H,7-8H2,1-2H3,(H,16,19). The number of nitrogens with one attached hydrogen (secondary N) is 2. The Kier molecular flexibility index (Phi) is 4.40. The van der Waals surface area contributed by atoms with Gasteiger partial charge >= 0.3 is 5.97 Å². The first-order chi connectivity index (χ1) is 9.56. The third-order valence-corrected chi connectivity index (χ3v) is 2.76. The first kappa shape index (κ1) is 14.1. The van der Waals surface area contributed by atoms with Gasteiger partial charge in [0.1, 0.15) is 5.69 Å². The van der Waals surface area contributed by atoms with E-state index in [1.165, 1.54) is 0 Å². The maximum absolute atomic E-state index is 11.9. The van der Waals surface area contributed by atoms with Gasteiger partial charge in [0.2, 0.25) is 0 Å². The highest BCUT2D eigenvalue weighted by Crippen LogP contribution is 2.14. The third kappa shape index (κ3) is 3.60. The first-order valence-electron chi connectivity index (χ1n) is 6.61. The molecule has 0 fully saturated rings. The van der Waals surface area contributed by atoms with Crippen LogP contribution in [0.25, 0.3) is 10.9 Å². The predicted octanol–water partition coefficient (Wildman–Crippen LogP) is 2.24. The summed E-state index contributed by atoms with van der Waals surface area (Å²) in [5.41, 5.74) is 1.40. The Bertz CT molecular complexity index is 583. The molecule has 0 aliphatic heterocycles. The van der Waals surface area contributed by atoms with Crippen molar-refractivity contribution in [2.75, 3.05) is 6.54 Å². The summed E-state index contributed by atoms with van der Waals surface area (Å²) in [6.07, 6.45) is 0.0383. The van der Waals surface area contributed by atoms with Crippen LogP contribution in [-0.4, -0.2) is 29.5 Å². The molecular formula is C15H18N2O3. The van der Waals surface area contributed by atoms with Crippen molar-refractivity contribution >= 4 is 22.8 Å². The fourth-order valence-electron chi connectivity index (χ4n) is 1.89. The molecule has 1 heterocycles. The summed E-state index contributed by atoms with van der Waals surface area (Å²) in [5.74, 6) is -0.532. The van der Waals surface area contributed by atoms with Gasteiger partial charge in [-0.3, -0.25) is 9.59 Å². The smallest absolute Gasteiger partial charge is 0.307 e. The molecule has 2 aromatic rings. The van der Waals surface area contributed by atoms with E-state index in [0.717, 1.165) is 10.9 Å². The second-order valence-electron chi connectivity index (χ2n) is 4.81. The number of aromatic nitrogens is 1. The number of carbonyl (C=O) groups excluding carboxylic acids is 2. The van der Waals surface area contributed by atoms with Crippen LogP contribution in [0.2, 0.25) is 0 Å². The third-order valence-electron chi connectivity index (χ3n) is 2.76. The summed E-state index contributed by atoms with van der Waals surface area (Å²) >= 11 is 0. The topological polar surface area (TPSA) is 71.2 Å². The highest BCUT2D eigenvalue weighted by Gasteiger charge is 2.10. The summed E-state index contributed by atoms with van der Waals surface area (Å²) in [7, 11) is 0. The van der Waals surface area contributed by atoms with Crippen molar-refractivity contribution in [1.82, 2.24) is 10.3 Å². The number of hydrogen-bond donors (Lipinski definition) is 2. The predicted molar refractivity (Wildman–Crippen MR) is 76.5 cm³/mol. The van der Waals surface area contributed by atoms with Gasteiger partial charge in [-0.2, -0.15) is 0 Å². The van der Waals surface area contributed by atoms with Gasteiger partial charge < -0.3 is 15.0 Å². The van der Waals surface area contributed by atoms with E-state index < -0.39 is 0 Å². The molecule has 0 aliphatic rings. The van der Waals surface area contributed by atoms with Crippen molar-refractivity contribution in [2.45, 2.75) is 26.4 Å². The Hall–Kier alpha value is -2.30. The fraction of sp³-hybridized carbons (Fsp3) is 0.333. The minimum absolute atomic E-state index is 0.132. The van der Waals surface area contributed by atoms with Crippen molar-refractivity contribution in [2.24, 2.45) is 0 Å². The van der Waals surface area contributed by atoms with E-state index >= 15 is 0 Å². The van der Waals surface area contributed by atoms with E-state index in [-0.39, 0.29) is 30.9 Å². The number of hydrogen-bond acceptors (Lipinski definition) is 3. The van der Waals surface area contributed by atoms with E-state index in [0.29, 0.717) is 5.69 Å². The number of para-hydroxylation sites is 1. The molecule has 20 heavy (non-hydrogen) atoms. The normalized spacial score (nSPS) is 10.8. The van der Waals surface area contributed by atoms with Crippen LogP contribution in [0.1, 0.15) is 30.8 Å². The van der Waals surface area contributed by atoms with Crippen molar-refractivity contribution in [1.29, 1.82) is 0 Å². The fourth-order valence-corrected chi connectivity index (χ4v) is 1.89. The molecule has 0 bridgehead atoms. The Morgan fingerprint density at radius 2 is 2.05 bits per heavy atom. The maximum atomic E-state index is 11.9. The summed E-state index contributed by atoms with van der Waals surface area (Å²) in [6.45, 7) is 3.85. The van der Waals surface area contributed by atoms with Gasteiger partial charge in [-0.05, 0) is 26.0 Å². The van der Waals surface area contributed by atoms with E-state index in [2.05, 4.69) is 10.3 Å². The van der Waals surface area contributed by atoms with Crippen molar-refractivity contribution in [3.05, 3.63) is 36.0 Å². The SMILES string of the molecule is CC(C)OC(=O)CCNC(=O)c1cc2ccccc2[nH]1. The monoisotopic (exact) mass is 274 g/mol. The molecule has 0 aliphatic carbocycles. The Balaban J connectivity index is 1.87. The molecule has 2 rings (SSSR count). The van der Waals surface area contributed by atoms with Gasteiger partial charge in [0.15, 0.2) is 0 Å². The molecule has 1 aromatic heterocycles. The van der Waals surface area contributed by atoms with E-state index in [4.69, 9.17) is 4.74 Å². The second kappa shape index (κ2) is 6.23. The van der Waals surface area contributed by atoms with Crippen LogP contribution in [0.5, 0.6) is 0 Å². The second-order valence-corrected chi connectivity index (χ2v) is 4.81. The molecule has 0 radical (unpaired) electrons. The quantitative estimate of drug-likeness (QED) is 0.821. The van der Waals surface area contributed by atoms with E-state index in [1.54, 1.807) is 19.9 Å². The lowest BCUT2D eigenvalue weighted by Crippen LogP contribution is -2.27. The highest BCUT2D eigenvalue weighted by atomic mass is 16.5. The number of fused-ring (bicyclic) bond motifs is 1. The van der Waals surface area contributed by atoms with Gasteiger partial charge in [0, 0.05) is 17.4 Å². The van der Waals surface area contributed by atoms with Crippen LogP contribution in [0, 0.1) is 0 Å². The zero-order valence-corrected chi connectivity index (χ0v) is 11.6. The summed E-state index contributed by atoms with van der Waals surface area (Å²) in [4.78, 5) is 26.3. The van der Waals surface area contributed by atoms with Crippen LogP contribution >= 0.6 is 0 Å². The molecule has 0 atom stereocenters. The lowest BCUT2D eigenvalue weighted by Gasteiger charge is -2.08. The summed E-state index contributed by atoms with van der Waals surface area (Å²) in [6, 6.07) is 9.45. The van der Waals surface area contributed by atoms with Crippen molar-refractivity contribution < 1.29 is 14.3 Å². The molecule has 0 spiro atoms. The van der Waals surface area contributed by atoms with Crippen LogP contribution in [0.15, 0.2) is 30.3 Å². The molecule has 5 heteroatoms. The van der Waals surface area contributed by atoms with Crippen LogP contribution in [0.4, 0.5) is 0 Å². The molecule has 5 nitrogen and oxygen atoms in total. The zero-order valence-electron chi connectivity index (χ0n) is 11.6. The molecule has 1 aromatic carbocycles.